The van der Waals surface area contributed by atoms with Gasteiger partial charge in [-0.15, -0.1) is 0 Å². The van der Waals surface area contributed by atoms with Crippen molar-refractivity contribution in [3.05, 3.63) is 96.6 Å². The number of ketones is 1. The Balaban J connectivity index is 2.07. The first kappa shape index (κ1) is 18.2. The maximum absolute atomic E-state index is 13.2. The number of hydrogen-bond donors (Lipinski definition) is 0. The highest BCUT2D eigenvalue weighted by Crippen LogP contribution is 2.32. The topological polar surface area (TPSA) is 54.5 Å². The fraction of sp³-hybridized carbons (Fsp3) is 0.0500. The predicted octanol–water partition coefficient (Wildman–Crippen LogP) is 4.60. The van der Waals surface area contributed by atoms with Gasteiger partial charge in [0.2, 0.25) is 4.71 Å². The summed E-state index contributed by atoms with van der Waals surface area (Å²) < 4.78 is 25.8. The number of carbonyl (C=O) groups is 1. The van der Waals surface area contributed by atoms with E-state index >= 15 is 0 Å². The molecule has 0 saturated carbocycles. The monoisotopic (exact) mass is 385 g/mol. The highest BCUT2D eigenvalue weighted by molar-refractivity contribution is 7.95. The van der Waals surface area contributed by atoms with Gasteiger partial charge in [0.15, 0.2) is 5.78 Å². The molecule has 3 rings (SSSR count). The van der Waals surface area contributed by atoms with E-state index in [1.807, 2.05) is 0 Å². The van der Waals surface area contributed by atoms with Crippen LogP contribution in [0.1, 0.15) is 10.4 Å². The first-order chi connectivity index (χ1) is 12.5. The van der Waals surface area contributed by atoms with Gasteiger partial charge in [-0.3, -0.25) is 4.79 Å². The number of alkyl halides is 1. The highest BCUT2D eigenvalue weighted by Gasteiger charge is 2.37. The smallest absolute Gasteiger partial charge is 0.264 e. The van der Waals surface area contributed by atoms with E-state index in [0.29, 0.717) is 11.4 Å². The Labute approximate surface area is 157 Å². The van der Waals surface area contributed by atoms with Crippen LogP contribution in [-0.4, -0.2) is 18.9 Å². The van der Waals surface area contributed by atoms with Crippen LogP contribution in [0.25, 0.3) is 0 Å². The Morgan fingerprint density at radius 2 is 1.12 bits per heavy atom. The second kappa shape index (κ2) is 7.72. The molecule has 0 heterocycles. The summed E-state index contributed by atoms with van der Waals surface area (Å²) in [6, 6.07) is 25.2. The lowest BCUT2D eigenvalue weighted by Gasteiger charge is -2.26. The highest BCUT2D eigenvalue weighted by atomic mass is 35.5. The van der Waals surface area contributed by atoms with Crippen LogP contribution in [0, 0.1) is 0 Å². The third-order valence-corrected chi connectivity index (χ3v) is 6.30. The van der Waals surface area contributed by atoms with Crippen molar-refractivity contribution in [2.75, 3.05) is 4.31 Å². The van der Waals surface area contributed by atoms with Crippen LogP contribution in [0.2, 0.25) is 0 Å². The van der Waals surface area contributed by atoms with E-state index in [0.717, 1.165) is 4.31 Å². The molecular weight excluding hydrogens is 370 g/mol. The first-order valence-electron chi connectivity index (χ1n) is 7.89. The summed E-state index contributed by atoms with van der Waals surface area (Å²) in [6.07, 6.45) is 0. The van der Waals surface area contributed by atoms with E-state index in [2.05, 4.69) is 0 Å². The number of hydrogen-bond acceptors (Lipinski definition) is 3. The number of sulfonamides is 1. The number of halogens is 1. The summed E-state index contributed by atoms with van der Waals surface area (Å²) in [7, 11) is -4.21. The fourth-order valence-corrected chi connectivity index (χ4v) is 4.32. The summed E-state index contributed by atoms with van der Waals surface area (Å²) in [5, 5.41) is 0. The zero-order chi connectivity index (χ0) is 18.6. The van der Waals surface area contributed by atoms with Crippen LogP contribution in [0.4, 0.5) is 11.4 Å². The van der Waals surface area contributed by atoms with Gasteiger partial charge in [-0.2, -0.15) is 0 Å². The van der Waals surface area contributed by atoms with Gasteiger partial charge in [0.05, 0.1) is 11.4 Å². The van der Waals surface area contributed by atoms with Gasteiger partial charge in [0.1, 0.15) is 0 Å². The molecule has 132 valence electrons. The molecule has 0 radical (unpaired) electrons. The van der Waals surface area contributed by atoms with Crippen LogP contribution >= 0.6 is 11.6 Å². The minimum atomic E-state index is -4.21. The summed E-state index contributed by atoms with van der Waals surface area (Å²) in [6.45, 7) is 0. The Bertz CT molecular complexity index is 938. The molecule has 0 aliphatic carbocycles. The number of anilines is 2. The summed E-state index contributed by atoms with van der Waals surface area (Å²) in [5.41, 5.74) is 1.06. The van der Waals surface area contributed by atoms with Gasteiger partial charge in [0.25, 0.3) is 10.0 Å². The van der Waals surface area contributed by atoms with Crippen molar-refractivity contribution in [2.24, 2.45) is 0 Å². The molecular formula is C20H16ClNO3S. The number of nitrogens with zero attached hydrogens (tertiary/aromatic N) is 1. The molecule has 0 saturated heterocycles. The average molecular weight is 386 g/mol. The Morgan fingerprint density at radius 3 is 1.54 bits per heavy atom. The largest absolute Gasteiger partial charge is 0.291 e. The lowest BCUT2D eigenvalue weighted by atomic mass is 10.1. The molecule has 0 aliphatic heterocycles. The molecule has 0 fully saturated rings. The van der Waals surface area contributed by atoms with Crippen LogP contribution in [-0.2, 0) is 10.0 Å². The number of rotatable bonds is 6. The van der Waals surface area contributed by atoms with Crippen LogP contribution < -0.4 is 4.31 Å². The Hall–Kier alpha value is -2.63. The average Bonchev–Trinajstić information content (AvgIpc) is 2.69. The number of benzene rings is 3. The van der Waals surface area contributed by atoms with Crippen LogP contribution in [0.15, 0.2) is 91.0 Å². The number of Topliss-reactive ketones (excluding diaryl/α,β-unsaturated/α-hetero) is 1. The van der Waals surface area contributed by atoms with E-state index < -0.39 is 20.5 Å². The zero-order valence-electron chi connectivity index (χ0n) is 13.7. The third kappa shape index (κ3) is 3.64. The molecule has 0 aliphatic rings. The summed E-state index contributed by atoms with van der Waals surface area (Å²) in [4.78, 5) is 12.6. The standard InChI is InChI=1S/C20H16ClNO3S/c21-20(19(23)16-10-4-1-5-11-16)26(24,25)22(17-12-6-2-7-13-17)18-14-8-3-9-15-18/h1-15,20H. The Kier molecular flexibility index (Phi) is 5.40. The maximum atomic E-state index is 13.2. The molecule has 3 aromatic rings. The van der Waals surface area contributed by atoms with Crippen molar-refractivity contribution in [3.8, 4) is 0 Å². The van der Waals surface area contributed by atoms with Crippen molar-refractivity contribution in [3.63, 3.8) is 0 Å². The quantitative estimate of drug-likeness (QED) is 0.460. The minimum Gasteiger partial charge on any atom is -0.291 e. The molecule has 4 nitrogen and oxygen atoms in total. The van der Waals surface area contributed by atoms with Crippen molar-refractivity contribution >= 4 is 38.8 Å². The van der Waals surface area contributed by atoms with Crippen molar-refractivity contribution in [2.45, 2.75) is 4.71 Å². The minimum absolute atomic E-state index is 0.247. The predicted molar refractivity (Wildman–Crippen MR) is 104 cm³/mol. The molecule has 0 bridgehead atoms. The normalized spacial score (nSPS) is 12.3. The molecule has 1 atom stereocenters. The summed E-state index contributed by atoms with van der Waals surface area (Å²) >= 11 is 6.17. The lowest BCUT2D eigenvalue weighted by molar-refractivity contribution is 0.101. The molecule has 0 spiro atoms. The summed E-state index contributed by atoms with van der Waals surface area (Å²) in [5.74, 6) is -0.663. The van der Waals surface area contributed by atoms with Crippen LogP contribution in [0.5, 0.6) is 0 Å². The number of carbonyl (C=O) groups excluding carboxylic acids is 1. The van der Waals surface area contributed by atoms with E-state index in [4.69, 9.17) is 11.6 Å². The molecule has 1 unspecified atom stereocenters. The zero-order valence-corrected chi connectivity index (χ0v) is 15.3. The van der Waals surface area contributed by atoms with Crippen molar-refractivity contribution in [1.82, 2.24) is 0 Å². The van der Waals surface area contributed by atoms with Crippen LogP contribution in [0.3, 0.4) is 0 Å². The molecule has 26 heavy (non-hydrogen) atoms. The SMILES string of the molecule is O=C(c1ccccc1)C(Cl)S(=O)(=O)N(c1ccccc1)c1ccccc1. The first-order valence-corrected chi connectivity index (χ1v) is 9.83. The molecule has 0 N–H and O–H groups in total. The van der Waals surface area contributed by atoms with Gasteiger partial charge in [-0.1, -0.05) is 78.3 Å². The van der Waals surface area contributed by atoms with E-state index in [-0.39, 0.29) is 5.56 Å². The molecule has 6 heteroatoms. The Morgan fingerprint density at radius 1 is 0.731 bits per heavy atom. The van der Waals surface area contributed by atoms with E-state index in [9.17, 15) is 13.2 Å². The van der Waals surface area contributed by atoms with Gasteiger partial charge in [0, 0.05) is 5.56 Å². The van der Waals surface area contributed by atoms with E-state index in [1.165, 1.54) is 0 Å². The second-order valence-electron chi connectivity index (χ2n) is 5.53. The maximum Gasteiger partial charge on any atom is 0.264 e. The fourth-order valence-electron chi connectivity index (χ4n) is 2.53. The molecule has 0 aromatic heterocycles. The van der Waals surface area contributed by atoms with Gasteiger partial charge >= 0.3 is 0 Å². The van der Waals surface area contributed by atoms with Crippen molar-refractivity contribution in [1.29, 1.82) is 0 Å². The van der Waals surface area contributed by atoms with E-state index in [1.54, 1.807) is 91.0 Å². The molecule has 0 amide bonds. The third-order valence-electron chi connectivity index (χ3n) is 3.76. The lowest BCUT2D eigenvalue weighted by Crippen LogP contribution is -2.37. The molecule has 3 aromatic carbocycles. The second-order valence-corrected chi connectivity index (χ2v) is 8.09. The number of para-hydroxylation sites is 2. The van der Waals surface area contributed by atoms with Gasteiger partial charge < -0.3 is 0 Å². The van der Waals surface area contributed by atoms with Gasteiger partial charge in [-0.05, 0) is 24.3 Å². The van der Waals surface area contributed by atoms with Crippen molar-refractivity contribution < 1.29 is 13.2 Å². The van der Waals surface area contributed by atoms with Gasteiger partial charge in [-0.25, -0.2) is 12.7 Å².